The van der Waals surface area contributed by atoms with Gasteiger partial charge in [-0.2, -0.15) is 0 Å². The lowest BCUT2D eigenvalue weighted by molar-refractivity contribution is -0.124. The van der Waals surface area contributed by atoms with Crippen LogP contribution in [0.5, 0.6) is 0 Å². The molecule has 0 radical (unpaired) electrons. The van der Waals surface area contributed by atoms with Crippen LogP contribution in [0.15, 0.2) is 12.4 Å². The standard InChI is InChI=1S/C11H19NO.C10H21NO.C3H5N3.CH4/c1-6-7-10(12-9(4)5)11(13)8(2)3;1-6-9(11-8(4)5)10(12)7(2)3;1-6-3-2-4-5-6;/h1,8-10,12H,7H2,2-5H3;7-9,11H,6H2,1-5H3;2-3H,1H3;1H4. The summed E-state index contributed by atoms with van der Waals surface area (Å²) >= 11 is 0. The van der Waals surface area contributed by atoms with E-state index < -0.39 is 0 Å². The van der Waals surface area contributed by atoms with Gasteiger partial charge < -0.3 is 10.6 Å². The van der Waals surface area contributed by atoms with Crippen molar-refractivity contribution in [1.29, 1.82) is 0 Å². The average Bonchev–Trinajstić information content (AvgIpc) is 3.15. The van der Waals surface area contributed by atoms with Crippen molar-refractivity contribution in [3.05, 3.63) is 12.4 Å². The maximum absolute atomic E-state index is 11.6. The van der Waals surface area contributed by atoms with Crippen LogP contribution in [0.25, 0.3) is 0 Å². The molecular formula is C25H49N5O2. The van der Waals surface area contributed by atoms with Gasteiger partial charge in [0, 0.05) is 43.6 Å². The molecule has 0 bridgehead atoms. The predicted molar refractivity (Wildman–Crippen MR) is 135 cm³/mol. The molecule has 0 saturated heterocycles. The molecule has 0 amide bonds. The average molecular weight is 452 g/mol. The third-order valence-corrected chi connectivity index (χ3v) is 4.17. The molecule has 0 fully saturated rings. The van der Waals surface area contributed by atoms with Gasteiger partial charge >= 0.3 is 0 Å². The molecule has 32 heavy (non-hydrogen) atoms. The predicted octanol–water partition coefficient (Wildman–Crippen LogP) is 4.04. The molecule has 1 aromatic heterocycles. The van der Waals surface area contributed by atoms with Crippen LogP contribution >= 0.6 is 0 Å². The highest BCUT2D eigenvalue weighted by molar-refractivity contribution is 5.86. The van der Waals surface area contributed by atoms with Gasteiger partial charge in [0.05, 0.1) is 18.3 Å². The number of hydrogen-bond acceptors (Lipinski definition) is 6. The van der Waals surface area contributed by atoms with Gasteiger partial charge in [0.2, 0.25) is 0 Å². The molecular weight excluding hydrogens is 402 g/mol. The molecule has 1 rings (SSSR count). The molecule has 2 N–H and O–H groups in total. The lowest BCUT2D eigenvalue weighted by atomic mass is 9.99. The number of ketones is 2. The molecule has 186 valence electrons. The van der Waals surface area contributed by atoms with Crippen LogP contribution in [-0.4, -0.2) is 50.7 Å². The lowest BCUT2D eigenvalue weighted by Gasteiger charge is -2.20. The zero-order valence-corrected chi connectivity index (χ0v) is 21.3. The van der Waals surface area contributed by atoms with Crippen LogP contribution in [0, 0.1) is 24.2 Å². The van der Waals surface area contributed by atoms with Crippen molar-refractivity contribution in [3.8, 4) is 12.3 Å². The summed E-state index contributed by atoms with van der Waals surface area (Å²) in [4.78, 5) is 23.2. The number of nitrogens with one attached hydrogen (secondary N) is 2. The molecule has 0 aliphatic rings. The molecule has 0 aliphatic carbocycles. The summed E-state index contributed by atoms with van der Waals surface area (Å²) in [6, 6.07) is 0.550. The molecule has 1 heterocycles. The molecule has 0 aliphatic heterocycles. The molecule has 2 atom stereocenters. The van der Waals surface area contributed by atoms with Crippen LogP contribution in [0.2, 0.25) is 0 Å². The number of carbonyl (C=O) groups is 2. The fourth-order valence-corrected chi connectivity index (χ4v) is 2.64. The first-order chi connectivity index (χ1) is 14.4. The van der Waals surface area contributed by atoms with E-state index in [0.717, 1.165) is 6.42 Å². The Morgan fingerprint density at radius 3 is 1.62 bits per heavy atom. The number of nitrogens with zero attached hydrogens (tertiary/aromatic N) is 3. The summed E-state index contributed by atoms with van der Waals surface area (Å²) in [5.41, 5.74) is 0. The van der Waals surface area contributed by atoms with Gasteiger partial charge in [-0.15, -0.1) is 17.4 Å². The summed E-state index contributed by atoms with van der Waals surface area (Å²) in [5.74, 6) is 3.24. The smallest absolute Gasteiger partial charge is 0.153 e. The van der Waals surface area contributed by atoms with Crippen molar-refractivity contribution in [2.75, 3.05) is 0 Å². The van der Waals surface area contributed by atoms with E-state index in [0.29, 0.717) is 24.3 Å². The van der Waals surface area contributed by atoms with Gasteiger partial charge in [-0.05, 0) is 6.42 Å². The van der Waals surface area contributed by atoms with Gasteiger partial charge in [0.25, 0.3) is 0 Å². The molecule has 1 aromatic rings. The molecule has 2 unspecified atom stereocenters. The van der Waals surface area contributed by atoms with Gasteiger partial charge in [-0.25, -0.2) is 0 Å². The van der Waals surface area contributed by atoms with Gasteiger partial charge in [0.1, 0.15) is 0 Å². The highest BCUT2D eigenvalue weighted by atomic mass is 16.1. The lowest BCUT2D eigenvalue weighted by Crippen LogP contribution is -2.42. The topological polar surface area (TPSA) is 88.9 Å². The van der Waals surface area contributed by atoms with E-state index in [1.165, 1.54) is 0 Å². The van der Waals surface area contributed by atoms with Crippen molar-refractivity contribution in [1.82, 2.24) is 25.6 Å². The van der Waals surface area contributed by atoms with Crippen LogP contribution < -0.4 is 10.6 Å². The number of aryl methyl sites for hydroxylation is 1. The maximum Gasteiger partial charge on any atom is 0.153 e. The largest absolute Gasteiger partial charge is 0.305 e. The summed E-state index contributed by atoms with van der Waals surface area (Å²) in [5, 5.41) is 13.5. The minimum atomic E-state index is -0.176. The van der Waals surface area contributed by atoms with E-state index in [4.69, 9.17) is 6.42 Å². The summed E-state index contributed by atoms with van der Waals surface area (Å²) in [7, 11) is 1.83. The third-order valence-electron chi connectivity index (χ3n) is 4.17. The first kappa shape index (κ1) is 34.6. The maximum atomic E-state index is 11.6. The Balaban J connectivity index is -0.000000410. The number of terminal acetylenes is 1. The van der Waals surface area contributed by atoms with E-state index in [2.05, 4.69) is 40.7 Å². The summed E-state index contributed by atoms with van der Waals surface area (Å²) in [6.45, 7) is 17.9. The zero-order chi connectivity index (χ0) is 24.6. The van der Waals surface area contributed by atoms with E-state index >= 15 is 0 Å². The van der Waals surface area contributed by atoms with Gasteiger partial charge in [0.15, 0.2) is 11.6 Å². The SMILES string of the molecule is C.C#CCC(NC(C)C)C(=O)C(C)C.CCC(NC(C)C)C(=O)C(C)C.Cn1ccnn1. The first-order valence-corrected chi connectivity index (χ1v) is 11.2. The molecule has 7 nitrogen and oxygen atoms in total. The number of carbonyl (C=O) groups excluding carboxylic acids is 2. The van der Waals surface area contributed by atoms with E-state index in [9.17, 15) is 9.59 Å². The van der Waals surface area contributed by atoms with E-state index in [-0.39, 0.29) is 37.1 Å². The van der Waals surface area contributed by atoms with Crippen LogP contribution in [0.4, 0.5) is 0 Å². The quantitative estimate of drug-likeness (QED) is 0.522. The second kappa shape index (κ2) is 19.6. The minimum absolute atomic E-state index is 0. The molecule has 0 aromatic carbocycles. The minimum Gasteiger partial charge on any atom is -0.305 e. The van der Waals surface area contributed by atoms with Crippen molar-refractivity contribution in [2.45, 2.75) is 107 Å². The van der Waals surface area contributed by atoms with Gasteiger partial charge in [-0.3, -0.25) is 14.3 Å². The second-order valence-corrected chi connectivity index (χ2v) is 8.76. The van der Waals surface area contributed by atoms with Crippen LogP contribution in [0.3, 0.4) is 0 Å². The number of rotatable bonds is 10. The normalized spacial score (nSPS) is 12.2. The van der Waals surface area contributed by atoms with E-state index in [1.54, 1.807) is 17.1 Å². The molecule has 7 heteroatoms. The molecule has 0 spiro atoms. The summed E-state index contributed by atoms with van der Waals surface area (Å²) in [6.07, 6.45) is 9.98. The Bertz CT molecular complexity index is 631. The fraction of sp³-hybridized carbons (Fsp3) is 0.760. The van der Waals surface area contributed by atoms with Crippen molar-refractivity contribution in [3.63, 3.8) is 0 Å². The highest BCUT2D eigenvalue weighted by Crippen LogP contribution is 2.04. The number of aromatic nitrogens is 3. The number of hydrogen-bond donors (Lipinski definition) is 2. The van der Waals surface area contributed by atoms with Crippen LogP contribution in [0.1, 0.15) is 82.6 Å². The molecule has 0 saturated carbocycles. The Morgan fingerprint density at radius 1 is 0.938 bits per heavy atom. The van der Waals surface area contributed by atoms with Crippen LogP contribution in [-0.2, 0) is 16.6 Å². The highest BCUT2D eigenvalue weighted by Gasteiger charge is 2.20. The van der Waals surface area contributed by atoms with E-state index in [1.807, 2.05) is 55.5 Å². The Kier molecular flexibility index (Phi) is 21.2. The zero-order valence-electron chi connectivity index (χ0n) is 21.3. The van der Waals surface area contributed by atoms with Gasteiger partial charge in [-0.1, -0.05) is 75.0 Å². The first-order valence-electron chi connectivity index (χ1n) is 11.2. The van der Waals surface area contributed by atoms with Crippen molar-refractivity contribution < 1.29 is 9.59 Å². The second-order valence-electron chi connectivity index (χ2n) is 8.76. The Labute approximate surface area is 197 Å². The Hall–Kier alpha value is -2.04. The Morgan fingerprint density at radius 2 is 1.38 bits per heavy atom. The monoisotopic (exact) mass is 451 g/mol. The fourth-order valence-electron chi connectivity index (χ4n) is 2.64. The van der Waals surface area contributed by atoms with Crippen molar-refractivity contribution >= 4 is 11.6 Å². The summed E-state index contributed by atoms with van der Waals surface area (Å²) < 4.78 is 1.64. The van der Waals surface area contributed by atoms with Crippen molar-refractivity contribution in [2.24, 2.45) is 18.9 Å². The number of Topliss-reactive ketones (excluding diaryl/α,β-unsaturated/α-hetero) is 2. The third kappa shape index (κ3) is 17.6.